The van der Waals surface area contributed by atoms with Crippen LogP contribution >= 0.6 is 23.5 Å². The van der Waals surface area contributed by atoms with E-state index in [9.17, 15) is 13.6 Å². The van der Waals surface area contributed by atoms with E-state index in [0.29, 0.717) is 0 Å². The van der Waals surface area contributed by atoms with Crippen LogP contribution in [0.2, 0.25) is 0 Å². The van der Waals surface area contributed by atoms with Crippen LogP contribution in [-0.4, -0.2) is 27.8 Å². The van der Waals surface area contributed by atoms with Crippen molar-refractivity contribution >= 4 is 29.3 Å². The Morgan fingerprint density at radius 2 is 1.89 bits per heavy atom. The summed E-state index contributed by atoms with van der Waals surface area (Å²) in [5.74, 6) is -0.0768. The van der Waals surface area contributed by atoms with E-state index < -0.39 is 17.4 Å². The molecule has 0 amide bonds. The van der Waals surface area contributed by atoms with E-state index in [1.165, 1.54) is 17.8 Å². The summed E-state index contributed by atoms with van der Waals surface area (Å²) in [4.78, 5) is 12.3. The maximum absolute atomic E-state index is 13.6. The fraction of sp³-hybridized carbons (Fsp3) is 0.462. The van der Waals surface area contributed by atoms with Gasteiger partial charge in [-0.2, -0.15) is 11.8 Å². The minimum Gasteiger partial charge on any atom is -0.293 e. The molecule has 1 nitrogen and oxygen atoms in total. The third-order valence-corrected chi connectivity index (χ3v) is 6.17. The predicted molar refractivity (Wildman–Crippen MR) is 73.5 cm³/mol. The molecule has 0 spiro atoms. The first-order chi connectivity index (χ1) is 8.65. The zero-order valence-corrected chi connectivity index (χ0v) is 11.6. The molecule has 1 aromatic carbocycles. The number of hydrogen-bond donors (Lipinski definition) is 0. The first-order valence-electron chi connectivity index (χ1n) is 5.86. The van der Waals surface area contributed by atoms with E-state index in [-0.39, 0.29) is 16.1 Å². The Hall–Kier alpha value is -0.550. The van der Waals surface area contributed by atoms with E-state index in [1.54, 1.807) is 11.8 Å². The number of rotatable bonds is 3. The van der Waals surface area contributed by atoms with E-state index in [1.807, 2.05) is 6.92 Å². The van der Waals surface area contributed by atoms with Crippen LogP contribution in [0.1, 0.15) is 23.7 Å². The van der Waals surface area contributed by atoms with Gasteiger partial charge in [0.25, 0.3) is 0 Å². The highest BCUT2D eigenvalue weighted by Gasteiger charge is 2.34. The molecule has 1 aliphatic heterocycles. The molecular formula is C13H14F2OS2. The molecule has 98 valence electrons. The van der Waals surface area contributed by atoms with Crippen molar-refractivity contribution in [3.8, 4) is 0 Å². The molecule has 1 aliphatic rings. The maximum Gasteiger partial charge on any atom is 0.182 e. The molecule has 1 aromatic rings. The molecule has 0 aromatic heterocycles. The summed E-state index contributed by atoms with van der Waals surface area (Å²) in [7, 11) is 0. The van der Waals surface area contributed by atoms with Gasteiger partial charge in [0.15, 0.2) is 5.78 Å². The number of hydrogen-bond acceptors (Lipinski definition) is 3. The Morgan fingerprint density at radius 1 is 1.28 bits per heavy atom. The van der Waals surface area contributed by atoms with Crippen molar-refractivity contribution in [2.24, 2.45) is 0 Å². The highest BCUT2D eigenvalue weighted by atomic mass is 32.2. The zero-order valence-electron chi connectivity index (χ0n) is 9.99. The number of Topliss-reactive ketones (excluding diaryl/α,β-unsaturated/α-hetero) is 1. The van der Waals surface area contributed by atoms with E-state index in [2.05, 4.69) is 0 Å². The second-order valence-corrected chi connectivity index (χ2v) is 6.67. The van der Waals surface area contributed by atoms with Gasteiger partial charge in [-0.25, -0.2) is 8.78 Å². The van der Waals surface area contributed by atoms with Crippen LogP contribution in [0.4, 0.5) is 8.78 Å². The lowest BCUT2D eigenvalue weighted by Gasteiger charge is -2.28. The van der Waals surface area contributed by atoms with Gasteiger partial charge in [0, 0.05) is 16.8 Å². The molecule has 0 radical (unpaired) electrons. The Balaban J connectivity index is 2.30. The van der Waals surface area contributed by atoms with Crippen LogP contribution in [-0.2, 0) is 0 Å². The quantitative estimate of drug-likeness (QED) is 0.788. The van der Waals surface area contributed by atoms with Gasteiger partial charge < -0.3 is 0 Å². The van der Waals surface area contributed by atoms with E-state index in [4.69, 9.17) is 0 Å². The first kappa shape index (κ1) is 13.9. The lowest BCUT2D eigenvalue weighted by molar-refractivity contribution is 0.0980. The van der Waals surface area contributed by atoms with Crippen LogP contribution in [0.25, 0.3) is 0 Å². The van der Waals surface area contributed by atoms with Gasteiger partial charge in [-0.3, -0.25) is 4.79 Å². The molecule has 5 heteroatoms. The largest absolute Gasteiger partial charge is 0.293 e. The Bertz CT molecular complexity index is 430. The molecule has 1 fully saturated rings. The molecule has 18 heavy (non-hydrogen) atoms. The number of benzene rings is 1. The summed E-state index contributed by atoms with van der Waals surface area (Å²) >= 11 is 3.23. The summed E-state index contributed by atoms with van der Waals surface area (Å²) in [6, 6.07) is 3.55. The summed E-state index contributed by atoms with van der Waals surface area (Å²) in [5.41, 5.74) is -0.379. The van der Waals surface area contributed by atoms with Gasteiger partial charge in [-0.05, 0) is 18.6 Å². The number of carbonyl (C=O) groups is 1. The molecular weight excluding hydrogens is 274 g/mol. The van der Waals surface area contributed by atoms with Crippen LogP contribution in [0.5, 0.6) is 0 Å². The highest BCUT2D eigenvalue weighted by Crippen LogP contribution is 2.35. The number of carbonyl (C=O) groups excluding carboxylic acids is 1. The summed E-state index contributed by atoms with van der Waals surface area (Å²) in [6.45, 7) is 2.00. The number of thioether (sulfide) groups is 2. The molecule has 2 unspecified atom stereocenters. The third kappa shape index (κ3) is 2.72. The van der Waals surface area contributed by atoms with Crippen LogP contribution in [0.15, 0.2) is 18.2 Å². The summed E-state index contributed by atoms with van der Waals surface area (Å²) < 4.78 is 27.2. The Labute approximate surface area is 114 Å². The van der Waals surface area contributed by atoms with Crippen molar-refractivity contribution in [1.82, 2.24) is 0 Å². The van der Waals surface area contributed by atoms with Crippen molar-refractivity contribution in [1.29, 1.82) is 0 Å². The molecule has 1 heterocycles. The van der Waals surface area contributed by atoms with Gasteiger partial charge in [-0.15, -0.1) is 11.8 Å². The lowest BCUT2D eigenvalue weighted by atomic mass is 10.0. The smallest absolute Gasteiger partial charge is 0.182 e. The van der Waals surface area contributed by atoms with Gasteiger partial charge >= 0.3 is 0 Å². The second-order valence-electron chi connectivity index (χ2n) is 4.07. The third-order valence-electron chi connectivity index (χ3n) is 2.92. The average molecular weight is 288 g/mol. The van der Waals surface area contributed by atoms with Crippen molar-refractivity contribution in [3.63, 3.8) is 0 Å². The minimum absolute atomic E-state index is 0.148. The summed E-state index contributed by atoms with van der Waals surface area (Å²) in [6.07, 6.45) is 0.837. The fourth-order valence-corrected chi connectivity index (χ4v) is 5.03. The normalized spacial score (nSPS) is 23.9. The van der Waals surface area contributed by atoms with Gasteiger partial charge in [0.05, 0.1) is 10.8 Å². The molecule has 0 bridgehead atoms. The second kappa shape index (κ2) is 6.06. The highest BCUT2D eigenvalue weighted by molar-refractivity contribution is 8.07. The van der Waals surface area contributed by atoms with Crippen molar-refractivity contribution < 1.29 is 13.6 Å². The predicted octanol–water partition coefficient (Wildman–Crippen LogP) is 3.77. The van der Waals surface area contributed by atoms with Gasteiger partial charge in [0.2, 0.25) is 0 Å². The molecule has 0 saturated carbocycles. The maximum atomic E-state index is 13.6. The lowest BCUT2D eigenvalue weighted by Crippen LogP contribution is -2.33. The van der Waals surface area contributed by atoms with Crippen LogP contribution in [0, 0.1) is 11.6 Å². The number of halogens is 2. The Morgan fingerprint density at radius 3 is 2.50 bits per heavy atom. The van der Waals surface area contributed by atoms with E-state index >= 15 is 0 Å². The SMILES string of the molecule is CCC1SCCSC1C(=O)c1c(F)cccc1F. The number of ketones is 1. The fourth-order valence-electron chi connectivity index (χ4n) is 2.02. The summed E-state index contributed by atoms with van der Waals surface area (Å²) in [5, 5.41) is -0.185. The molecule has 1 saturated heterocycles. The monoisotopic (exact) mass is 288 g/mol. The average Bonchev–Trinajstić information content (AvgIpc) is 2.38. The first-order valence-corrected chi connectivity index (χ1v) is 7.96. The zero-order chi connectivity index (χ0) is 13.1. The van der Waals surface area contributed by atoms with E-state index in [0.717, 1.165) is 30.1 Å². The molecule has 2 atom stereocenters. The topological polar surface area (TPSA) is 17.1 Å². The van der Waals surface area contributed by atoms with Crippen LogP contribution < -0.4 is 0 Å². The van der Waals surface area contributed by atoms with Gasteiger partial charge in [-0.1, -0.05) is 13.0 Å². The van der Waals surface area contributed by atoms with Crippen molar-refractivity contribution in [3.05, 3.63) is 35.4 Å². The standard InChI is InChI=1S/C13H14F2OS2/c1-2-10-13(18-7-6-17-10)12(16)11-8(14)4-3-5-9(11)15/h3-5,10,13H,2,6-7H2,1H3. The van der Waals surface area contributed by atoms with Crippen molar-refractivity contribution in [2.45, 2.75) is 23.8 Å². The minimum atomic E-state index is -0.758. The Kier molecular flexibility index (Phi) is 4.67. The van der Waals surface area contributed by atoms with Crippen LogP contribution in [0.3, 0.4) is 0 Å². The molecule has 0 N–H and O–H groups in total. The molecule has 0 aliphatic carbocycles. The van der Waals surface area contributed by atoms with Gasteiger partial charge in [0.1, 0.15) is 11.6 Å². The molecule has 2 rings (SSSR count). The van der Waals surface area contributed by atoms with Crippen molar-refractivity contribution in [2.75, 3.05) is 11.5 Å².